The minimum absolute atomic E-state index is 0.296. The molecule has 0 bridgehead atoms. The summed E-state index contributed by atoms with van der Waals surface area (Å²) in [7, 11) is 0. The molecule has 1 aromatic heterocycles. The molecule has 1 N–H and O–H groups in total. The van der Waals surface area contributed by atoms with E-state index in [0.717, 1.165) is 54.8 Å². The van der Waals surface area contributed by atoms with Crippen molar-refractivity contribution in [3.63, 3.8) is 0 Å². The van der Waals surface area contributed by atoms with Gasteiger partial charge in [-0.3, -0.25) is 0 Å². The maximum absolute atomic E-state index is 6.27. The molecule has 31 heavy (non-hydrogen) atoms. The minimum Gasteiger partial charge on any atom is -0.367 e. The molecule has 0 fully saturated rings. The zero-order valence-corrected chi connectivity index (χ0v) is 19.9. The average Bonchev–Trinajstić information content (AvgIpc) is 2.76. The van der Waals surface area contributed by atoms with Crippen molar-refractivity contribution >= 4 is 52.1 Å². The van der Waals surface area contributed by atoms with Gasteiger partial charge in [-0.25, -0.2) is 9.97 Å². The van der Waals surface area contributed by atoms with Gasteiger partial charge in [0.1, 0.15) is 5.82 Å². The second kappa shape index (κ2) is 11.5. The summed E-state index contributed by atoms with van der Waals surface area (Å²) in [4.78, 5) is 11.9. The monoisotopic (exact) mass is 456 g/mol. The molecule has 0 aliphatic heterocycles. The van der Waals surface area contributed by atoms with Crippen LogP contribution in [0.5, 0.6) is 0 Å². The highest BCUT2D eigenvalue weighted by atomic mass is 35.5. The van der Waals surface area contributed by atoms with E-state index < -0.39 is 0 Å². The van der Waals surface area contributed by atoms with Crippen LogP contribution in [0.25, 0.3) is 23.1 Å². The molecule has 1 atom stereocenters. The first-order valence-electron chi connectivity index (χ1n) is 10.9. The van der Waals surface area contributed by atoms with E-state index in [-0.39, 0.29) is 0 Å². The van der Waals surface area contributed by atoms with Crippen molar-refractivity contribution in [1.29, 1.82) is 0 Å². The molecule has 2 aromatic carbocycles. The van der Waals surface area contributed by atoms with Gasteiger partial charge < -0.3 is 10.2 Å². The number of anilines is 1. The Morgan fingerprint density at radius 3 is 2.55 bits per heavy atom. The first kappa shape index (κ1) is 23.5. The summed E-state index contributed by atoms with van der Waals surface area (Å²) in [5.41, 5.74) is 1.75. The lowest BCUT2D eigenvalue weighted by Crippen LogP contribution is -2.25. The van der Waals surface area contributed by atoms with Crippen LogP contribution in [0.1, 0.15) is 45.0 Å². The minimum atomic E-state index is 0.296. The number of hydrogen-bond acceptors (Lipinski definition) is 4. The quantitative estimate of drug-likeness (QED) is 0.355. The molecule has 164 valence electrons. The summed E-state index contributed by atoms with van der Waals surface area (Å²) in [6.07, 6.45) is 6.04. The number of aromatic nitrogens is 2. The lowest BCUT2D eigenvalue weighted by atomic mass is 10.1. The largest absolute Gasteiger partial charge is 0.367 e. The van der Waals surface area contributed by atoms with E-state index in [0.29, 0.717) is 21.9 Å². The summed E-state index contributed by atoms with van der Waals surface area (Å²) in [5.74, 6) is 1.45. The summed E-state index contributed by atoms with van der Waals surface area (Å²) >= 11 is 12.5. The highest BCUT2D eigenvalue weighted by Crippen LogP contribution is 2.26. The van der Waals surface area contributed by atoms with Crippen molar-refractivity contribution in [2.75, 3.05) is 25.0 Å². The predicted molar refractivity (Wildman–Crippen MR) is 135 cm³/mol. The van der Waals surface area contributed by atoms with Crippen LogP contribution < -0.4 is 5.32 Å². The maximum Gasteiger partial charge on any atom is 0.154 e. The van der Waals surface area contributed by atoms with Crippen LogP contribution in [-0.4, -0.2) is 40.5 Å². The third-order valence-electron chi connectivity index (χ3n) is 5.38. The van der Waals surface area contributed by atoms with Crippen LogP contribution in [0.4, 0.5) is 5.82 Å². The van der Waals surface area contributed by atoms with Gasteiger partial charge in [-0.05, 0) is 81.4 Å². The summed E-state index contributed by atoms with van der Waals surface area (Å²) in [6.45, 7) is 9.92. The van der Waals surface area contributed by atoms with Crippen LogP contribution in [-0.2, 0) is 0 Å². The Bertz CT molecular complexity index is 1030. The van der Waals surface area contributed by atoms with Gasteiger partial charge in [0.05, 0.1) is 5.52 Å². The number of halogens is 2. The zero-order chi connectivity index (χ0) is 22.2. The molecule has 0 saturated carbocycles. The van der Waals surface area contributed by atoms with Gasteiger partial charge in [-0.15, -0.1) is 0 Å². The Morgan fingerprint density at radius 1 is 1.03 bits per heavy atom. The number of fused-ring (bicyclic) bond motifs is 1. The third kappa shape index (κ3) is 6.67. The average molecular weight is 457 g/mol. The highest BCUT2D eigenvalue weighted by molar-refractivity contribution is 6.32. The summed E-state index contributed by atoms with van der Waals surface area (Å²) in [5, 5.41) is 5.91. The van der Waals surface area contributed by atoms with Gasteiger partial charge in [-0.2, -0.15) is 0 Å². The SMILES string of the molecule is CCN(CC)CCCC(C)Nc1nc(/C=C/c2ccccc2Cl)nc2cc(Cl)ccc12. The summed E-state index contributed by atoms with van der Waals surface area (Å²) in [6, 6.07) is 13.7. The van der Waals surface area contributed by atoms with Crippen LogP contribution in [0.2, 0.25) is 10.0 Å². The van der Waals surface area contributed by atoms with E-state index in [9.17, 15) is 0 Å². The molecule has 3 rings (SSSR count). The highest BCUT2D eigenvalue weighted by Gasteiger charge is 2.11. The molecule has 0 amide bonds. The standard InChI is InChI=1S/C25H30Cl2N4/c1-4-31(5-2)16-8-9-18(3)28-25-21-14-13-20(26)17-23(21)29-24(30-25)15-12-19-10-6-7-11-22(19)27/h6-7,10-15,17-18H,4-5,8-9,16H2,1-3H3,(H,28,29,30)/b15-12+. The predicted octanol–water partition coefficient (Wildman–Crippen LogP) is 7.03. The van der Waals surface area contributed by atoms with Crippen molar-refractivity contribution in [1.82, 2.24) is 14.9 Å². The molecule has 4 nitrogen and oxygen atoms in total. The number of nitrogens with zero attached hydrogens (tertiary/aromatic N) is 3. The number of hydrogen-bond donors (Lipinski definition) is 1. The summed E-state index contributed by atoms with van der Waals surface area (Å²) < 4.78 is 0. The van der Waals surface area contributed by atoms with Gasteiger partial charge >= 0.3 is 0 Å². The van der Waals surface area contributed by atoms with Crippen molar-refractivity contribution in [2.45, 2.75) is 39.7 Å². The smallest absolute Gasteiger partial charge is 0.154 e. The van der Waals surface area contributed by atoms with Crippen molar-refractivity contribution < 1.29 is 0 Å². The fourth-order valence-corrected chi connectivity index (χ4v) is 3.91. The molecule has 0 aliphatic rings. The molecular weight excluding hydrogens is 427 g/mol. The molecule has 0 radical (unpaired) electrons. The molecule has 3 aromatic rings. The lowest BCUT2D eigenvalue weighted by molar-refractivity contribution is 0.295. The number of benzene rings is 2. The Balaban J connectivity index is 1.81. The van der Waals surface area contributed by atoms with Crippen LogP contribution in [0, 0.1) is 0 Å². The maximum atomic E-state index is 6.27. The molecule has 1 unspecified atom stereocenters. The first-order valence-corrected chi connectivity index (χ1v) is 11.6. The second-order valence-electron chi connectivity index (χ2n) is 7.66. The topological polar surface area (TPSA) is 41.0 Å². The number of nitrogens with one attached hydrogen (secondary N) is 1. The Kier molecular flexibility index (Phi) is 8.70. The first-order chi connectivity index (χ1) is 15.0. The van der Waals surface area contributed by atoms with Gasteiger partial charge in [-0.1, -0.05) is 55.2 Å². The van der Waals surface area contributed by atoms with Gasteiger partial charge in [0, 0.05) is 21.5 Å². The van der Waals surface area contributed by atoms with Crippen LogP contribution in [0.3, 0.4) is 0 Å². The van der Waals surface area contributed by atoms with Gasteiger partial charge in [0.25, 0.3) is 0 Å². The van der Waals surface area contributed by atoms with Gasteiger partial charge in [0.15, 0.2) is 5.82 Å². The molecule has 0 saturated heterocycles. The van der Waals surface area contributed by atoms with E-state index in [1.807, 2.05) is 54.6 Å². The molecule has 1 heterocycles. The van der Waals surface area contributed by atoms with Crippen LogP contribution >= 0.6 is 23.2 Å². The van der Waals surface area contributed by atoms with Crippen molar-refractivity contribution in [3.8, 4) is 0 Å². The normalized spacial score (nSPS) is 12.7. The van der Waals surface area contributed by atoms with E-state index in [4.69, 9.17) is 28.2 Å². The fourth-order valence-electron chi connectivity index (χ4n) is 3.55. The molecule has 6 heteroatoms. The van der Waals surface area contributed by atoms with Crippen molar-refractivity contribution in [3.05, 3.63) is 63.9 Å². The molecular formula is C25H30Cl2N4. The van der Waals surface area contributed by atoms with E-state index in [2.05, 4.69) is 36.0 Å². The van der Waals surface area contributed by atoms with E-state index in [1.54, 1.807) is 0 Å². The molecule has 0 aliphatic carbocycles. The lowest BCUT2D eigenvalue weighted by Gasteiger charge is -2.20. The Hall–Kier alpha value is -2.14. The van der Waals surface area contributed by atoms with E-state index in [1.165, 1.54) is 0 Å². The number of rotatable bonds is 10. The second-order valence-corrected chi connectivity index (χ2v) is 8.50. The van der Waals surface area contributed by atoms with Crippen LogP contribution in [0.15, 0.2) is 42.5 Å². The van der Waals surface area contributed by atoms with E-state index >= 15 is 0 Å². The fraction of sp³-hybridized carbons (Fsp3) is 0.360. The zero-order valence-electron chi connectivity index (χ0n) is 18.4. The van der Waals surface area contributed by atoms with Crippen molar-refractivity contribution in [2.24, 2.45) is 0 Å². The van der Waals surface area contributed by atoms with Gasteiger partial charge in [0.2, 0.25) is 0 Å². The molecule has 0 spiro atoms. The Morgan fingerprint density at radius 2 is 1.81 bits per heavy atom. The Labute approximate surface area is 195 Å². The third-order valence-corrected chi connectivity index (χ3v) is 5.96.